The van der Waals surface area contributed by atoms with E-state index in [-0.39, 0.29) is 23.3 Å². The highest BCUT2D eigenvalue weighted by atomic mass is 19.4. The quantitative estimate of drug-likeness (QED) is 0.0848. The monoisotopic (exact) mass is 1100 g/mol. The minimum Gasteiger partial charge on any atom is -0.194 e. The minimum absolute atomic E-state index is 0.0593. The maximum atomic E-state index is 16.4. The van der Waals surface area contributed by atoms with Crippen molar-refractivity contribution in [3.05, 3.63) is 176 Å². The molecule has 0 amide bonds. The molecule has 0 aliphatic carbocycles. The Morgan fingerprint density at radius 2 is 0.608 bits per heavy atom. The number of aryl methyl sites for hydroxylation is 4. The van der Waals surface area contributed by atoms with Crippen molar-refractivity contribution in [2.24, 2.45) is 0 Å². The second-order valence-corrected chi connectivity index (χ2v) is 19.0. The van der Waals surface area contributed by atoms with Crippen LogP contribution in [-0.4, -0.2) is 41.7 Å². The molecule has 9 rings (SSSR count). The van der Waals surface area contributed by atoms with Gasteiger partial charge < -0.3 is 0 Å². The van der Waals surface area contributed by atoms with Gasteiger partial charge in [0.25, 0.3) is 0 Å². The van der Waals surface area contributed by atoms with Gasteiger partial charge in [0.1, 0.15) is 0 Å². The van der Waals surface area contributed by atoms with Gasteiger partial charge in [0.05, 0.1) is 0 Å². The lowest BCUT2D eigenvalue weighted by atomic mass is 9.86. The predicted octanol–water partition coefficient (Wildman–Crippen LogP) is 18.1. The maximum Gasteiger partial charge on any atom is 0.460 e. The van der Waals surface area contributed by atoms with Gasteiger partial charge in [0, 0.05) is 38.9 Å². The van der Waals surface area contributed by atoms with E-state index in [9.17, 15) is 48.3 Å². The molecule has 0 spiro atoms. The molecule has 0 aliphatic heterocycles. The summed E-state index contributed by atoms with van der Waals surface area (Å²) in [5.74, 6) is -42.4. The van der Waals surface area contributed by atoms with Crippen LogP contribution in [0.15, 0.2) is 115 Å². The van der Waals surface area contributed by atoms with E-state index in [1.807, 2.05) is 38.1 Å². The molecule has 0 fully saturated rings. The van der Waals surface area contributed by atoms with Gasteiger partial charge in [-0.25, -0.2) is 0 Å². The Balaban J connectivity index is 1.28. The van der Waals surface area contributed by atoms with Gasteiger partial charge >= 0.3 is 47.6 Å². The molecule has 17 heteroatoms. The Labute approximate surface area is 438 Å². The summed E-state index contributed by atoms with van der Waals surface area (Å²) in [5.41, 5.74) is 0.101. The molecule has 0 bridgehead atoms. The highest BCUT2D eigenvalue weighted by Crippen LogP contribution is 2.65. The van der Waals surface area contributed by atoms with Crippen molar-refractivity contribution < 1.29 is 74.6 Å². The predicted molar refractivity (Wildman–Crippen MR) is 271 cm³/mol. The van der Waals surface area contributed by atoms with Crippen molar-refractivity contribution in [1.29, 1.82) is 0 Å². The molecule has 0 unspecified atom stereocenters. The first-order valence-corrected chi connectivity index (χ1v) is 23.3. The third kappa shape index (κ3) is 8.06. The minimum atomic E-state index is -8.80. The Bertz CT molecular complexity index is 4090. The second-order valence-electron chi connectivity index (χ2n) is 19.0. The molecule has 0 saturated carbocycles. The number of benzene rings is 9. The fraction of sp³-hybridized carbons (Fsp3) is 0.194. The highest BCUT2D eigenvalue weighted by Gasteiger charge is 2.95. The fourth-order valence-electron chi connectivity index (χ4n) is 10.1. The maximum absolute atomic E-state index is 16.4. The van der Waals surface area contributed by atoms with E-state index in [0.29, 0.717) is 76.1 Å². The van der Waals surface area contributed by atoms with Crippen molar-refractivity contribution in [2.75, 3.05) is 0 Å². The molecule has 400 valence electrons. The third-order valence-corrected chi connectivity index (χ3v) is 14.0. The van der Waals surface area contributed by atoms with Crippen LogP contribution >= 0.6 is 0 Å². The van der Waals surface area contributed by atoms with Gasteiger partial charge in [0.2, 0.25) is 0 Å². The summed E-state index contributed by atoms with van der Waals surface area (Å²) >= 11 is 0. The van der Waals surface area contributed by atoms with Gasteiger partial charge in [-0.3, -0.25) is 0 Å². The number of halogens is 17. The largest absolute Gasteiger partial charge is 0.460 e. The fourth-order valence-corrected chi connectivity index (χ4v) is 10.1. The van der Waals surface area contributed by atoms with E-state index in [0.717, 1.165) is 28.0 Å². The summed E-state index contributed by atoms with van der Waals surface area (Å²) in [6.45, 7) is 7.23. The zero-order chi connectivity index (χ0) is 58.0. The topological polar surface area (TPSA) is 0 Å². The molecular weight excluding hydrogens is 1070 g/mol. The Hall–Kier alpha value is -8.41. The zero-order valence-corrected chi connectivity index (χ0v) is 41.0. The summed E-state index contributed by atoms with van der Waals surface area (Å²) < 4.78 is 249. The van der Waals surface area contributed by atoms with Crippen LogP contribution in [0.4, 0.5) is 74.6 Å². The van der Waals surface area contributed by atoms with Gasteiger partial charge in [0.15, 0.2) is 0 Å². The molecule has 79 heavy (non-hydrogen) atoms. The second kappa shape index (κ2) is 18.3. The van der Waals surface area contributed by atoms with Crippen LogP contribution in [-0.2, 0) is 5.92 Å². The van der Waals surface area contributed by atoms with Crippen molar-refractivity contribution in [3.8, 4) is 48.4 Å². The van der Waals surface area contributed by atoms with Crippen molar-refractivity contribution in [3.63, 3.8) is 0 Å². The standard InChI is InChI=1S/C62H33F17/c1-7-38-28-42-30-40(47-19-11-15-34(5)51(47)53(42)49-32(3)13-9-17-45(38)49)23-21-36-25-37(22-24-41-31-43-29-39(8-2)46-18-10-14-33(4)50(46)54(43)52-35(6)16-12-20-48(41)52)27-44(26-36)55(63,64)56(65,66)57(67,68)58(69,70)59(71,72)60(73,74)61(75,76)62(77,78)79/h1-2,9-20,25-31H,3-6H3. The van der Waals surface area contributed by atoms with Crippen LogP contribution in [0.2, 0.25) is 0 Å². The summed E-state index contributed by atoms with van der Waals surface area (Å²) in [4.78, 5) is 0. The van der Waals surface area contributed by atoms with Crippen LogP contribution in [0.1, 0.15) is 61.2 Å². The van der Waals surface area contributed by atoms with Crippen LogP contribution in [0.25, 0.3) is 64.6 Å². The molecule has 0 heterocycles. The van der Waals surface area contributed by atoms with E-state index in [1.165, 1.54) is 0 Å². The number of hydrogen-bond acceptors (Lipinski definition) is 0. The molecule has 0 N–H and O–H groups in total. The van der Waals surface area contributed by atoms with E-state index >= 15 is 26.3 Å². The van der Waals surface area contributed by atoms with Gasteiger partial charge in [-0.2, -0.15) is 74.6 Å². The van der Waals surface area contributed by atoms with E-state index < -0.39 is 64.3 Å². The first kappa shape index (κ1) is 55.3. The summed E-state index contributed by atoms with van der Waals surface area (Å²) in [5, 5.41) is 7.48. The Morgan fingerprint density at radius 3 is 0.924 bits per heavy atom. The first-order valence-electron chi connectivity index (χ1n) is 23.3. The lowest BCUT2D eigenvalue weighted by molar-refractivity contribution is -0.462. The average molecular weight is 1100 g/mol. The van der Waals surface area contributed by atoms with Gasteiger partial charge in [-0.05, 0) is 157 Å². The normalized spacial score (nSPS) is 13.2. The molecule has 0 nitrogen and oxygen atoms in total. The zero-order valence-electron chi connectivity index (χ0n) is 41.0. The summed E-state index contributed by atoms with van der Waals surface area (Å²) in [6, 6.07) is 28.2. The van der Waals surface area contributed by atoms with Crippen LogP contribution in [0.3, 0.4) is 0 Å². The van der Waals surface area contributed by atoms with Gasteiger partial charge in [-0.15, -0.1) is 12.8 Å². The van der Waals surface area contributed by atoms with Crippen molar-refractivity contribution in [2.45, 2.75) is 75.3 Å². The molecule has 0 atom stereocenters. The average Bonchev–Trinajstić information content (AvgIpc) is 3.56. The smallest absolute Gasteiger partial charge is 0.194 e. The molecular formula is C62H33F17. The molecule has 9 aromatic carbocycles. The molecule has 0 aliphatic rings. The number of hydrogen-bond donors (Lipinski definition) is 0. The number of alkyl halides is 17. The van der Waals surface area contributed by atoms with E-state index in [4.69, 9.17) is 12.8 Å². The Morgan fingerprint density at radius 1 is 0.316 bits per heavy atom. The number of terminal acetylenes is 2. The van der Waals surface area contributed by atoms with E-state index in [2.05, 4.69) is 35.5 Å². The van der Waals surface area contributed by atoms with Crippen molar-refractivity contribution in [1.82, 2.24) is 0 Å². The number of fused-ring (bicyclic) bond motifs is 10. The van der Waals surface area contributed by atoms with Crippen molar-refractivity contribution >= 4 is 64.6 Å². The molecule has 0 aromatic heterocycles. The van der Waals surface area contributed by atoms with Crippen LogP contribution in [0, 0.1) is 76.1 Å². The Kier molecular flexibility index (Phi) is 12.9. The van der Waals surface area contributed by atoms with E-state index in [1.54, 1.807) is 86.6 Å². The summed E-state index contributed by atoms with van der Waals surface area (Å²) in [6.07, 6.45) is 3.93. The van der Waals surface area contributed by atoms with Crippen LogP contribution < -0.4 is 0 Å². The molecule has 9 aromatic rings. The molecule has 0 saturated heterocycles. The molecule has 0 radical (unpaired) electrons. The third-order valence-electron chi connectivity index (χ3n) is 14.0. The lowest BCUT2D eigenvalue weighted by Crippen LogP contribution is -2.74. The van der Waals surface area contributed by atoms with Crippen LogP contribution in [0.5, 0.6) is 0 Å². The summed E-state index contributed by atoms with van der Waals surface area (Å²) in [7, 11) is 0. The van der Waals surface area contributed by atoms with Gasteiger partial charge in [-0.1, -0.05) is 108 Å². The first-order chi connectivity index (χ1) is 36.7. The SMILES string of the molecule is C#Cc1cc2cc(C#Cc3cc(C#Cc4cc5cc(C#C)c6cccc(C)c6c5c5c(C)cccc45)cc(C(F)(F)C(F)(F)C(F)(F)C(F)(F)C(F)(F)C(F)(F)C(F)(F)C(F)(F)F)c3)c3cccc(C)c3c2c2c(C)cccc12. The number of rotatable bonds is 7. The lowest BCUT2D eigenvalue weighted by Gasteiger charge is -2.42. The highest BCUT2D eigenvalue weighted by molar-refractivity contribution is 6.25.